The van der Waals surface area contributed by atoms with Gasteiger partial charge in [0.15, 0.2) is 0 Å². The quantitative estimate of drug-likeness (QED) is 0.257. The Bertz CT molecular complexity index is 1370. The fourth-order valence-corrected chi connectivity index (χ4v) is 5.51. The number of urea groups is 1. The Hall–Kier alpha value is -3.96. The Morgan fingerprint density at radius 3 is 2.86 bits per heavy atom. The second-order valence-corrected chi connectivity index (χ2v) is 9.45. The van der Waals surface area contributed by atoms with Gasteiger partial charge in [-0.15, -0.1) is 6.42 Å². The number of carbonyl (C=O) groups excluding carboxylic acids is 2. The molecule has 2 atom stereocenters. The summed E-state index contributed by atoms with van der Waals surface area (Å²) in [6, 6.07) is 11.9. The SMILES string of the molecule is C#CCNCCCN1C(=O)N2[C@H](c3cccc(O)c3)c3[nH]c4ccc(OCC)cc4c3C[C@@]2(C)C1=O. The molecule has 36 heavy (non-hydrogen) atoms. The average molecular weight is 487 g/mol. The maximum absolute atomic E-state index is 13.8. The number of aromatic hydroxyl groups is 1. The molecule has 2 aliphatic rings. The number of phenolic OH excluding ortho intramolecular Hbond substituents is 1. The number of fused-ring (bicyclic) bond motifs is 4. The van der Waals surface area contributed by atoms with Gasteiger partial charge in [-0.1, -0.05) is 18.1 Å². The number of aromatic amines is 1. The Balaban J connectivity index is 1.60. The number of rotatable bonds is 8. The van der Waals surface area contributed by atoms with Gasteiger partial charge in [-0.2, -0.15) is 0 Å². The van der Waals surface area contributed by atoms with Gasteiger partial charge in [-0.05, 0) is 68.3 Å². The van der Waals surface area contributed by atoms with Crippen LogP contribution in [-0.2, 0) is 11.2 Å². The summed E-state index contributed by atoms with van der Waals surface area (Å²) < 4.78 is 5.74. The summed E-state index contributed by atoms with van der Waals surface area (Å²) in [5.41, 5.74) is 2.41. The Kier molecular flexibility index (Phi) is 6.10. The molecule has 2 aliphatic heterocycles. The van der Waals surface area contributed by atoms with Crippen LogP contribution >= 0.6 is 0 Å². The van der Waals surface area contributed by atoms with Crippen molar-refractivity contribution in [3.05, 3.63) is 59.3 Å². The summed E-state index contributed by atoms with van der Waals surface area (Å²) in [7, 11) is 0. The normalized spacial score (nSPS) is 21.0. The van der Waals surface area contributed by atoms with E-state index in [1.54, 1.807) is 23.1 Å². The fraction of sp³-hybridized carbons (Fsp3) is 0.357. The monoisotopic (exact) mass is 486 g/mol. The number of nitrogens with zero attached hydrogens (tertiary/aromatic N) is 2. The van der Waals surface area contributed by atoms with E-state index in [4.69, 9.17) is 11.2 Å². The van der Waals surface area contributed by atoms with Crippen LogP contribution in [0.15, 0.2) is 42.5 Å². The molecule has 5 rings (SSSR count). The Morgan fingerprint density at radius 1 is 1.28 bits per heavy atom. The summed E-state index contributed by atoms with van der Waals surface area (Å²) in [6.45, 7) is 5.68. The predicted octanol–water partition coefficient (Wildman–Crippen LogP) is 3.55. The largest absolute Gasteiger partial charge is 0.508 e. The van der Waals surface area contributed by atoms with Crippen molar-refractivity contribution in [2.24, 2.45) is 0 Å². The molecular formula is C28H30N4O4. The third-order valence-electron chi connectivity index (χ3n) is 7.10. The minimum absolute atomic E-state index is 0.102. The zero-order valence-corrected chi connectivity index (χ0v) is 20.5. The van der Waals surface area contributed by atoms with Gasteiger partial charge in [-0.3, -0.25) is 14.6 Å². The number of aromatic nitrogens is 1. The van der Waals surface area contributed by atoms with E-state index >= 15 is 0 Å². The van der Waals surface area contributed by atoms with Crippen molar-refractivity contribution in [3.8, 4) is 23.8 Å². The lowest BCUT2D eigenvalue weighted by Gasteiger charge is -2.42. The van der Waals surface area contributed by atoms with E-state index in [2.05, 4.69) is 16.2 Å². The highest BCUT2D eigenvalue weighted by Gasteiger charge is 2.60. The van der Waals surface area contributed by atoms with Crippen LogP contribution in [0.25, 0.3) is 10.9 Å². The van der Waals surface area contributed by atoms with Crippen LogP contribution in [0.1, 0.15) is 43.1 Å². The molecule has 8 nitrogen and oxygen atoms in total. The molecule has 8 heteroatoms. The molecule has 3 amide bonds. The molecule has 0 aliphatic carbocycles. The maximum Gasteiger partial charge on any atom is 0.328 e. The van der Waals surface area contributed by atoms with E-state index in [0.29, 0.717) is 39.1 Å². The van der Waals surface area contributed by atoms with Gasteiger partial charge >= 0.3 is 6.03 Å². The van der Waals surface area contributed by atoms with Gasteiger partial charge in [0.05, 0.1) is 13.2 Å². The van der Waals surface area contributed by atoms with Gasteiger partial charge in [0, 0.05) is 29.6 Å². The van der Waals surface area contributed by atoms with Crippen molar-refractivity contribution >= 4 is 22.8 Å². The van der Waals surface area contributed by atoms with Crippen molar-refractivity contribution in [2.75, 3.05) is 26.2 Å². The van der Waals surface area contributed by atoms with Crippen LogP contribution in [0, 0.1) is 12.3 Å². The highest BCUT2D eigenvalue weighted by atomic mass is 16.5. The van der Waals surface area contributed by atoms with Crippen LogP contribution in [0.2, 0.25) is 0 Å². The maximum atomic E-state index is 13.8. The van der Waals surface area contributed by atoms with Gasteiger partial charge in [0.2, 0.25) is 0 Å². The summed E-state index contributed by atoms with van der Waals surface area (Å²) in [5.74, 6) is 3.17. The minimum Gasteiger partial charge on any atom is -0.508 e. The number of hydrogen-bond acceptors (Lipinski definition) is 5. The number of imide groups is 1. The van der Waals surface area contributed by atoms with Gasteiger partial charge in [-0.25, -0.2) is 4.79 Å². The molecule has 3 heterocycles. The number of phenols is 1. The van der Waals surface area contributed by atoms with E-state index in [9.17, 15) is 14.7 Å². The zero-order valence-electron chi connectivity index (χ0n) is 20.5. The van der Waals surface area contributed by atoms with E-state index in [1.165, 1.54) is 4.90 Å². The van der Waals surface area contributed by atoms with Gasteiger partial charge < -0.3 is 20.1 Å². The van der Waals surface area contributed by atoms with Crippen molar-refractivity contribution in [3.63, 3.8) is 0 Å². The molecule has 3 N–H and O–H groups in total. The van der Waals surface area contributed by atoms with Gasteiger partial charge in [0.25, 0.3) is 5.91 Å². The second kappa shape index (κ2) is 9.25. The molecule has 186 valence electrons. The van der Waals surface area contributed by atoms with Crippen LogP contribution in [0.5, 0.6) is 11.5 Å². The van der Waals surface area contributed by atoms with E-state index in [-0.39, 0.29) is 17.7 Å². The van der Waals surface area contributed by atoms with Crippen LogP contribution in [0.4, 0.5) is 4.79 Å². The molecule has 0 unspecified atom stereocenters. The summed E-state index contributed by atoms with van der Waals surface area (Å²) in [4.78, 5) is 34.1. The molecular weight excluding hydrogens is 456 g/mol. The molecule has 1 fully saturated rings. The van der Waals surface area contributed by atoms with Crippen molar-refractivity contribution < 1.29 is 19.4 Å². The Labute approximate surface area is 210 Å². The molecule has 1 aromatic heterocycles. The lowest BCUT2D eigenvalue weighted by atomic mass is 9.81. The number of ether oxygens (including phenoxy) is 1. The number of H-pyrrole nitrogens is 1. The summed E-state index contributed by atoms with van der Waals surface area (Å²) in [5, 5.41) is 14.3. The number of nitrogens with one attached hydrogen (secondary N) is 2. The first-order chi connectivity index (χ1) is 17.4. The molecule has 3 aromatic rings. The number of terminal acetylenes is 1. The molecule has 0 bridgehead atoms. The van der Waals surface area contributed by atoms with E-state index in [1.807, 2.05) is 38.1 Å². The molecule has 0 spiro atoms. The lowest BCUT2D eigenvalue weighted by molar-refractivity contribution is -0.133. The molecule has 0 radical (unpaired) electrons. The Morgan fingerprint density at radius 2 is 2.11 bits per heavy atom. The number of carbonyl (C=O) groups is 2. The first-order valence-electron chi connectivity index (χ1n) is 12.2. The highest BCUT2D eigenvalue weighted by molar-refractivity contribution is 6.08. The lowest BCUT2D eigenvalue weighted by Crippen LogP contribution is -2.53. The summed E-state index contributed by atoms with van der Waals surface area (Å²) in [6.07, 6.45) is 6.27. The number of hydrogen-bond donors (Lipinski definition) is 3. The van der Waals surface area contributed by atoms with Crippen LogP contribution in [-0.4, -0.2) is 63.6 Å². The van der Waals surface area contributed by atoms with Crippen molar-refractivity contribution in [1.82, 2.24) is 20.1 Å². The van der Waals surface area contributed by atoms with E-state index < -0.39 is 11.6 Å². The molecule has 0 saturated carbocycles. The number of benzene rings is 2. The second-order valence-electron chi connectivity index (χ2n) is 9.45. The fourth-order valence-electron chi connectivity index (χ4n) is 5.51. The van der Waals surface area contributed by atoms with Crippen molar-refractivity contribution in [1.29, 1.82) is 0 Å². The third-order valence-corrected chi connectivity index (χ3v) is 7.10. The smallest absolute Gasteiger partial charge is 0.328 e. The first-order valence-corrected chi connectivity index (χ1v) is 12.2. The molecule has 2 aromatic carbocycles. The molecule has 1 saturated heterocycles. The van der Waals surface area contributed by atoms with Gasteiger partial charge in [0.1, 0.15) is 23.1 Å². The van der Waals surface area contributed by atoms with Crippen LogP contribution in [0.3, 0.4) is 0 Å². The summed E-state index contributed by atoms with van der Waals surface area (Å²) >= 11 is 0. The predicted molar refractivity (Wildman–Crippen MR) is 137 cm³/mol. The highest BCUT2D eigenvalue weighted by Crippen LogP contribution is 2.49. The standard InChI is InChI=1S/C28H30N4O4/c1-4-12-29-13-7-14-31-26(34)28(3)17-22-21-16-20(36-5-2)10-11-23(21)30-24(22)25(32(28)27(31)35)18-8-6-9-19(33)15-18/h1,6,8-11,15-16,25,29-30,33H,5,7,12-14,17H2,2-3H3/t25-,28+/m1/s1. The topological polar surface area (TPSA) is 97.9 Å². The third kappa shape index (κ3) is 3.76. The van der Waals surface area contributed by atoms with E-state index in [0.717, 1.165) is 33.5 Å². The van der Waals surface area contributed by atoms with Crippen LogP contribution < -0.4 is 10.1 Å². The minimum atomic E-state index is -1.07. The first kappa shape index (κ1) is 23.8. The average Bonchev–Trinajstić information content (AvgIpc) is 3.30. The zero-order chi connectivity index (χ0) is 25.4. The van der Waals surface area contributed by atoms with Crippen molar-refractivity contribution in [2.45, 2.75) is 38.3 Å². The number of amides is 3.